The quantitative estimate of drug-likeness (QED) is 0.501. The number of anilines is 1. The molecule has 5 nitrogen and oxygen atoms in total. The van der Waals surface area contributed by atoms with Crippen molar-refractivity contribution in [3.8, 4) is 0 Å². The summed E-state index contributed by atoms with van der Waals surface area (Å²) >= 11 is 5.32. The highest BCUT2D eigenvalue weighted by Crippen LogP contribution is 2.40. The van der Waals surface area contributed by atoms with Crippen LogP contribution in [0.25, 0.3) is 22.4 Å². The smallest absolute Gasteiger partial charge is 0.219 e. The fraction of sp³-hybridized carbons (Fsp3) is 0.375. The van der Waals surface area contributed by atoms with E-state index in [0.717, 1.165) is 65.5 Å². The summed E-state index contributed by atoms with van der Waals surface area (Å²) in [4.78, 5) is 28.6. The van der Waals surface area contributed by atoms with Crippen molar-refractivity contribution in [2.45, 2.75) is 32.6 Å². The number of aryl methyl sites for hydroxylation is 2. The molecule has 0 bridgehead atoms. The van der Waals surface area contributed by atoms with Crippen molar-refractivity contribution in [3.05, 3.63) is 50.6 Å². The predicted octanol–water partition coefficient (Wildman–Crippen LogP) is 5.17. The van der Waals surface area contributed by atoms with E-state index in [9.17, 15) is 4.79 Å². The number of amides is 1. The minimum Gasteiger partial charge on any atom is -0.352 e. The second kappa shape index (κ2) is 8.71. The third-order valence-electron chi connectivity index (χ3n) is 6.13. The minimum atomic E-state index is 0.151. The number of piperazine rings is 1. The van der Waals surface area contributed by atoms with E-state index in [2.05, 4.69) is 39.0 Å². The van der Waals surface area contributed by atoms with Gasteiger partial charge in [0, 0.05) is 42.5 Å². The number of carbonyl (C=O) groups is 1. The van der Waals surface area contributed by atoms with Gasteiger partial charge in [-0.15, -0.1) is 11.3 Å². The summed E-state index contributed by atoms with van der Waals surface area (Å²) in [7, 11) is 0. The number of halogens is 1. The van der Waals surface area contributed by atoms with Crippen molar-refractivity contribution in [1.82, 2.24) is 14.9 Å². The Hall–Kier alpha value is -2.25. The molecule has 160 valence electrons. The molecular weight excluding hydrogens is 472 g/mol. The summed E-state index contributed by atoms with van der Waals surface area (Å²) in [5, 5.41) is 1.25. The zero-order valence-corrected chi connectivity index (χ0v) is 20.0. The molecule has 1 aliphatic heterocycles. The molecule has 1 fully saturated rings. The number of rotatable bonds is 3. The number of hydrogen-bond donors (Lipinski definition) is 0. The molecule has 0 atom stereocenters. The van der Waals surface area contributed by atoms with E-state index in [1.165, 1.54) is 28.7 Å². The van der Waals surface area contributed by atoms with Crippen LogP contribution in [0.1, 0.15) is 41.6 Å². The van der Waals surface area contributed by atoms with Crippen molar-refractivity contribution < 1.29 is 4.79 Å². The molecule has 1 saturated heterocycles. The largest absolute Gasteiger partial charge is 0.352 e. The topological polar surface area (TPSA) is 49.3 Å². The van der Waals surface area contributed by atoms with E-state index in [1.807, 2.05) is 34.4 Å². The fourth-order valence-electron chi connectivity index (χ4n) is 4.44. The SMILES string of the molecule is CC(=O)N1CCN(c2nc(C=Cc3ccc(Br)cc3)nc3sc4c(c23)CCCC4)CC1. The highest BCUT2D eigenvalue weighted by atomic mass is 79.9. The Morgan fingerprint density at radius 3 is 2.52 bits per heavy atom. The predicted molar refractivity (Wildman–Crippen MR) is 132 cm³/mol. The van der Waals surface area contributed by atoms with Crippen LogP contribution in [0.4, 0.5) is 5.82 Å². The van der Waals surface area contributed by atoms with Crippen LogP contribution in [-0.4, -0.2) is 47.0 Å². The number of benzene rings is 1. The Bertz CT molecular complexity index is 1150. The fourth-order valence-corrected chi connectivity index (χ4v) is 5.96. The van der Waals surface area contributed by atoms with Crippen LogP contribution in [0.3, 0.4) is 0 Å². The maximum Gasteiger partial charge on any atom is 0.219 e. The molecule has 1 aromatic carbocycles. The van der Waals surface area contributed by atoms with Crippen molar-refractivity contribution in [2.24, 2.45) is 0 Å². The van der Waals surface area contributed by atoms with E-state index in [0.29, 0.717) is 0 Å². The first-order valence-corrected chi connectivity index (χ1v) is 12.5. The van der Waals surface area contributed by atoms with Gasteiger partial charge >= 0.3 is 0 Å². The molecule has 31 heavy (non-hydrogen) atoms. The van der Waals surface area contributed by atoms with Crippen LogP contribution in [0.2, 0.25) is 0 Å². The zero-order chi connectivity index (χ0) is 21.4. The van der Waals surface area contributed by atoms with Crippen LogP contribution in [0, 0.1) is 0 Å². The second-order valence-corrected chi connectivity index (χ2v) is 10.2. The molecule has 7 heteroatoms. The van der Waals surface area contributed by atoms with E-state index < -0.39 is 0 Å². The Kier molecular flexibility index (Phi) is 5.80. The zero-order valence-electron chi connectivity index (χ0n) is 17.6. The van der Waals surface area contributed by atoms with Gasteiger partial charge in [-0.1, -0.05) is 34.1 Å². The van der Waals surface area contributed by atoms with Crippen molar-refractivity contribution >= 4 is 61.4 Å². The average Bonchev–Trinajstić information content (AvgIpc) is 3.17. The van der Waals surface area contributed by atoms with Crippen molar-refractivity contribution in [2.75, 3.05) is 31.1 Å². The van der Waals surface area contributed by atoms with Crippen molar-refractivity contribution in [3.63, 3.8) is 0 Å². The Morgan fingerprint density at radius 2 is 1.77 bits per heavy atom. The van der Waals surface area contributed by atoms with Crippen molar-refractivity contribution in [1.29, 1.82) is 0 Å². The lowest BCUT2D eigenvalue weighted by molar-refractivity contribution is -0.129. The van der Waals surface area contributed by atoms with E-state index in [4.69, 9.17) is 9.97 Å². The van der Waals surface area contributed by atoms with Gasteiger partial charge < -0.3 is 9.80 Å². The van der Waals surface area contributed by atoms with Crippen LogP contribution in [0.5, 0.6) is 0 Å². The Balaban J connectivity index is 1.54. The van der Waals surface area contributed by atoms with E-state index in [1.54, 1.807) is 6.92 Å². The van der Waals surface area contributed by atoms with Crippen LogP contribution >= 0.6 is 27.3 Å². The number of nitrogens with zero attached hydrogens (tertiary/aromatic N) is 4. The maximum atomic E-state index is 11.8. The monoisotopic (exact) mass is 496 g/mol. The molecule has 3 heterocycles. The summed E-state index contributed by atoms with van der Waals surface area (Å²) < 4.78 is 1.07. The Labute approximate surface area is 194 Å². The van der Waals surface area contributed by atoms with Gasteiger partial charge in [-0.25, -0.2) is 9.97 Å². The van der Waals surface area contributed by atoms with Gasteiger partial charge in [0.1, 0.15) is 10.6 Å². The van der Waals surface area contributed by atoms with E-state index in [-0.39, 0.29) is 5.91 Å². The first-order chi connectivity index (χ1) is 15.1. The van der Waals surface area contributed by atoms with Gasteiger partial charge in [0.15, 0.2) is 5.82 Å². The van der Waals surface area contributed by atoms with Crippen LogP contribution in [-0.2, 0) is 17.6 Å². The number of thiophene rings is 1. The standard InChI is InChI=1S/C24H25BrN4OS/c1-16(30)28-12-14-29(15-13-28)23-22-19-4-2-3-5-20(19)31-24(22)27-21(26-23)11-8-17-6-9-18(25)10-7-17/h6-11H,2-5,12-15H2,1H3. The lowest BCUT2D eigenvalue weighted by atomic mass is 9.97. The molecule has 0 spiro atoms. The summed E-state index contributed by atoms with van der Waals surface area (Å²) in [6, 6.07) is 8.23. The minimum absolute atomic E-state index is 0.151. The molecule has 0 saturated carbocycles. The number of fused-ring (bicyclic) bond motifs is 3. The highest BCUT2D eigenvalue weighted by Gasteiger charge is 2.26. The highest BCUT2D eigenvalue weighted by molar-refractivity contribution is 9.10. The lowest BCUT2D eigenvalue weighted by Crippen LogP contribution is -2.48. The summed E-state index contributed by atoms with van der Waals surface area (Å²) in [6.45, 7) is 4.77. The van der Waals surface area contributed by atoms with Gasteiger partial charge in [-0.05, 0) is 55.0 Å². The second-order valence-electron chi connectivity index (χ2n) is 8.17. The Morgan fingerprint density at radius 1 is 1.03 bits per heavy atom. The van der Waals surface area contributed by atoms with Crippen LogP contribution < -0.4 is 4.90 Å². The number of carbonyl (C=O) groups excluding carboxylic acids is 1. The van der Waals surface area contributed by atoms with Gasteiger partial charge in [0.05, 0.1) is 5.39 Å². The molecule has 0 unspecified atom stereocenters. The third kappa shape index (κ3) is 4.26. The molecule has 2 aromatic heterocycles. The van der Waals surface area contributed by atoms with Gasteiger partial charge in [0.2, 0.25) is 5.91 Å². The van der Waals surface area contributed by atoms with Gasteiger partial charge in [-0.3, -0.25) is 4.79 Å². The maximum absolute atomic E-state index is 11.8. The third-order valence-corrected chi connectivity index (χ3v) is 7.85. The number of aromatic nitrogens is 2. The molecule has 5 rings (SSSR count). The lowest BCUT2D eigenvalue weighted by Gasteiger charge is -2.35. The molecule has 0 radical (unpaired) electrons. The molecule has 1 aliphatic carbocycles. The molecule has 1 amide bonds. The first-order valence-electron chi connectivity index (χ1n) is 10.8. The summed E-state index contributed by atoms with van der Waals surface area (Å²) in [5.74, 6) is 1.94. The normalized spacial score (nSPS) is 16.8. The molecular formula is C24H25BrN4OS. The molecule has 3 aromatic rings. The molecule has 2 aliphatic rings. The van der Waals surface area contributed by atoms with E-state index >= 15 is 0 Å². The van der Waals surface area contributed by atoms with Gasteiger partial charge in [0.25, 0.3) is 0 Å². The molecule has 0 N–H and O–H groups in total. The number of hydrogen-bond acceptors (Lipinski definition) is 5. The summed E-state index contributed by atoms with van der Waals surface area (Å²) in [6.07, 6.45) is 8.85. The van der Waals surface area contributed by atoms with Gasteiger partial charge in [-0.2, -0.15) is 0 Å². The van der Waals surface area contributed by atoms with Crippen LogP contribution in [0.15, 0.2) is 28.7 Å². The average molecular weight is 497 g/mol. The first kappa shape index (κ1) is 20.6. The summed E-state index contributed by atoms with van der Waals surface area (Å²) in [5.41, 5.74) is 2.58.